The quantitative estimate of drug-likeness (QED) is 0.873. The van der Waals surface area contributed by atoms with E-state index in [1.165, 1.54) is 4.90 Å². The third-order valence-electron chi connectivity index (χ3n) is 3.42. The maximum atomic E-state index is 12.0. The van der Waals surface area contributed by atoms with Gasteiger partial charge in [-0.05, 0) is 42.8 Å². The van der Waals surface area contributed by atoms with Gasteiger partial charge in [0.25, 0.3) is 5.91 Å². The largest absolute Gasteiger partial charge is 0.376 e. The van der Waals surface area contributed by atoms with Gasteiger partial charge in [0, 0.05) is 36.1 Å². The van der Waals surface area contributed by atoms with Crippen LogP contribution in [0.3, 0.4) is 0 Å². The van der Waals surface area contributed by atoms with Gasteiger partial charge in [-0.2, -0.15) is 0 Å². The molecule has 0 atom stereocenters. The number of nitrogens with zero attached hydrogens (tertiary/aromatic N) is 1. The first-order valence-corrected chi connectivity index (χ1v) is 7.86. The van der Waals surface area contributed by atoms with E-state index in [9.17, 15) is 9.59 Å². The third-order valence-corrected chi connectivity index (χ3v) is 3.83. The fourth-order valence-electron chi connectivity index (χ4n) is 2.08. The van der Waals surface area contributed by atoms with Crippen LogP contribution in [0, 0.1) is 6.92 Å². The normalized spacial score (nSPS) is 10.2. The van der Waals surface area contributed by atoms with Gasteiger partial charge in [0.1, 0.15) is 0 Å². The number of halogens is 1. The minimum absolute atomic E-state index is 0.0857. The number of hydrogen-bond donors (Lipinski definition) is 2. The average molecular weight is 346 g/mol. The Balaban J connectivity index is 1.95. The number of nitrogens with one attached hydrogen (secondary N) is 2. The third kappa shape index (κ3) is 4.73. The van der Waals surface area contributed by atoms with Crippen LogP contribution in [0.1, 0.15) is 15.9 Å². The molecule has 2 amide bonds. The lowest BCUT2D eigenvalue weighted by Gasteiger charge is -2.12. The molecule has 0 saturated carbocycles. The molecule has 0 aliphatic heterocycles. The zero-order valence-corrected chi connectivity index (χ0v) is 14.6. The second kappa shape index (κ2) is 7.84. The van der Waals surface area contributed by atoms with Gasteiger partial charge in [-0.25, -0.2) is 0 Å². The molecule has 2 aromatic rings. The summed E-state index contributed by atoms with van der Waals surface area (Å²) in [6.45, 7) is 1.99. The lowest BCUT2D eigenvalue weighted by atomic mass is 10.2. The molecule has 126 valence electrons. The van der Waals surface area contributed by atoms with E-state index in [1.807, 2.05) is 19.1 Å². The first-order chi connectivity index (χ1) is 11.4. The lowest BCUT2D eigenvalue weighted by Crippen LogP contribution is -2.23. The Kier molecular flexibility index (Phi) is 5.82. The average Bonchev–Trinajstić information content (AvgIpc) is 2.56. The van der Waals surface area contributed by atoms with Gasteiger partial charge < -0.3 is 15.5 Å². The summed E-state index contributed by atoms with van der Waals surface area (Å²) < 4.78 is 0. The van der Waals surface area contributed by atoms with E-state index in [0.717, 1.165) is 5.56 Å². The van der Waals surface area contributed by atoms with Crippen molar-refractivity contribution in [2.24, 2.45) is 0 Å². The molecular weight excluding hydrogens is 326 g/mol. The number of benzene rings is 2. The van der Waals surface area contributed by atoms with Crippen molar-refractivity contribution >= 4 is 34.8 Å². The summed E-state index contributed by atoms with van der Waals surface area (Å²) in [4.78, 5) is 25.5. The van der Waals surface area contributed by atoms with Crippen LogP contribution >= 0.6 is 11.6 Å². The van der Waals surface area contributed by atoms with Gasteiger partial charge in [0.2, 0.25) is 5.91 Å². The van der Waals surface area contributed by atoms with Crippen molar-refractivity contribution in [1.29, 1.82) is 0 Å². The Morgan fingerprint density at radius 1 is 1.08 bits per heavy atom. The van der Waals surface area contributed by atoms with Gasteiger partial charge in [-0.15, -0.1) is 0 Å². The Morgan fingerprint density at radius 2 is 1.83 bits per heavy atom. The van der Waals surface area contributed by atoms with Gasteiger partial charge in [-0.1, -0.05) is 23.7 Å². The van der Waals surface area contributed by atoms with Crippen LogP contribution < -0.4 is 10.6 Å². The van der Waals surface area contributed by atoms with Crippen LogP contribution in [-0.2, 0) is 4.79 Å². The van der Waals surface area contributed by atoms with E-state index < -0.39 is 0 Å². The molecule has 2 rings (SSSR count). The summed E-state index contributed by atoms with van der Waals surface area (Å²) in [5.41, 5.74) is 2.87. The number of rotatable bonds is 5. The summed E-state index contributed by atoms with van der Waals surface area (Å²) in [5, 5.41) is 6.39. The van der Waals surface area contributed by atoms with Crippen LogP contribution in [0.5, 0.6) is 0 Å². The highest BCUT2D eigenvalue weighted by Gasteiger charge is 2.09. The molecule has 0 saturated heterocycles. The number of amides is 2. The highest BCUT2D eigenvalue weighted by atomic mass is 35.5. The van der Waals surface area contributed by atoms with Crippen LogP contribution in [-0.4, -0.2) is 37.4 Å². The molecule has 2 aromatic carbocycles. The second-order valence-corrected chi connectivity index (χ2v) is 6.05. The maximum Gasteiger partial charge on any atom is 0.253 e. The van der Waals surface area contributed by atoms with Crippen LogP contribution in [0.4, 0.5) is 11.4 Å². The molecule has 0 heterocycles. The number of hydrogen-bond acceptors (Lipinski definition) is 3. The first kappa shape index (κ1) is 17.8. The molecule has 0 aromatic heterocycles. The fourth-order valence-corrected chi connectivity index (χ4v) is 2.26. The topological polar surface area (TPSA) is 61.4 Å². The Hall–Kier alpha value is -2.53. The Bertz CT molecular complexity index is 760. The molecule has 0 aliphatic carbocycles. The van der Waals surface area contributed by atoms with E-state index in [0.29, 0.717) is 22.0 Å². The predicted octanol–water partition coefficient (Wildman–Crippen LogP) is 3.40. The molecule has 0 unspecified atom stereocenters. The molecule has 5 nitrogen and oxygen atoms in total. The highest BCUT2D eigenvalue weighted by molar-refractivity contribution is 6.31. The molecule has 24 heavy (non-hydrogen) atoms. The summed E-state index contributed by atoms with van der Waals surface area (Å²) >= 11 is 6.04. The molecular formula is C18H20ClN3O2. The monoisotopic (exact) mass is 345 g/mol. The SMILES string of the molecule is Cc1ccc(NC(=O)CNc2cccc(C(=O)N(C)C)c2)cc1Cl. The highest BCUT2D eigenvalue weighted by Crippen LogP contribution is 2.20. The predicted molar refractivity (Wildman–Crippen MR) is 97.8 cm³/mol. The van der Waals surface area contributed by atoms with Crippen molar-refractivity contribution in [2.45, 2.75) is 6.92 Å². The van der Waals surface area contributed by atoms with Crippen molar-refractivity contribution in [2.75, 3.05) is 31.3 Å². The number of carbonyl (C=O) groups excluding carboxylic acids is 2. The van der Waals surface area contributed by atoms with Crippen LogP contribution in [0.15, 0.2) is 42.5 Å². The van der Waals surface area contributed by atoms with Crippen molar-refractivity contribution in [3.8, 4) is 0 Å². The Morgan fingerprint density at radius 3 is 2.50 bits per heavy atom. The van der Waals surface area contributed by atoms with E-state index in [-0.39, 0.29) is 18.4 Å². The minimum Gasteiger partial charge on any atom is -0.376 e. The van der Waals surface area contributed by atoms with Crippen molar-refractivity contribution in [1.82, 2.24) is 4.90 Å². The second-order valence-electron chi connectivity index (χ2n) is 5.65. The lowest BCUT2D eigenvalue weighted by molar-refractivity contribution is -0.114. The smallest absolute Gasteiger partial charge is 0.253 e. The van der Waals surface area contributed by atoms with Gasteiger partial charge in [0.15, 0.2) is 0 Å². The van der Waals surface area contributed by atoms with Crippen LogP contribution in [0.2, 0.25) is 5.02 Å². The van der Waals surface area contributed by atoms with Crippen molar-refractivity contribution in [3.63, 3.8) is 0 Å². The van der Waals surface area contributed by atoms with Crippen LogP contribution in [0.25, 0.3) is 0 Å². The molecule has 0 fully saturated rings. The Labute approximate surface area is 146 Å². The van der Waals surface area contributed by atoms with Crippen molar-refractivity contribution in [3.05, 3.63) is 58.6 Å². The molecule has 0 bridgehead atoms. The molecule has 0 spiro atoms. The van der Waals surface area contributed by atoms with E-state index in [4.69, 9.17) is 11.6 Å². The summed E-state index contributed by atoms with van der Waals surface area (Å²) in [6.07, 6.45) is 0. The molecule has 0 aliphatic rings. The first-order valence-electron chi connectivity index (χ1n) is 7.48. The van der Waals surface area contributed by atoms with Gasteiger partial charge in [-0.3, -0.25) is 9.59 Å². The minimum atomic E-state index is -0.195. The van der Waals surface area contributed by atoms with Crippen molar-refractivity contribution < 1.29 is 9.59 Å². The summed E-state index contributed by atoms with van der Waals surface area (Å²) in [6, 6.07) is 12.4. The van der Waals surface area contributed by atoms with Gasteiger partial charge >= 0.3 is 0 Å². The molecule has 0 radical (unpaired) electrons. The van der Waals surface area contributed by atoms with E-state index in [2.05, 4.69) is 10.6 Å². The number of aryl methyl sites for hydroxylation is 1. The maximum absolute atomic E-state index is 12.0. The van der Waals surface area contributed by atoms with E-state index in [1.54, 1.807) is 44.4 Å². The van der Waals surface area contributed by atoms with Gasteiger partial charge in [0.05, 0.1) is 6.54 Å². The zero-order chi connectivity index (χ0) is 17.7. The molecule has 6 heteroatoms. The summed E-state index contributed by atoms with van der Waals surface area (Å²) in [5.74, 6) is -0.281. The summed E-state index contributed by atoms with van der Waals surface area (Å²) in [7, 11) is 3.39. The zero-order valence-electron chi connectivity index (χ0n) is 13.9. The number of carbonyl (C=O) groups is 2. The standard InChI is InChI=1S/C18H20ClN3O2/c1-12-7-8-15(10-16(12)19)21-17(23)11-20-14-6-4-5-13(9-14)18(24)22(2)3/h4-10,20H,11H2,1-3H3,(H,21,23). The number of anilines is 2. The van der Waals surface area contributed by atoms with E-state index >= 15 is 0 Å². The fraction of sp³-hybridized carbons (Fsp3) is 0.222. The molecule has 2 N–H and O–H groups in total.